The van der Waals surface area contributed by atoms with Gasteiger partial charge in [0.25, 0.3) is 5.91 Å². The van der Waals surface area contributed by atoms with E-state index in [4.69, 9.17) is 0 Å². The standard InChI is InChI=1S/C18H35N5O2.HI/c1-6-8-9-11-14(3)21-16(19-5)20-12-10-13-23-15(24)18(4,7-2)22-17(23)25;/h14H,6-13H2,1-5H3,(H,22,25)(H2,19,20,21);1H. The van der Waals surface area contributed by atoms with Gasteiger partial charge >= 0.3 is 6.03 Å². The Bertz CT molecular complexity index is 486. The molecule has 2 unspecified atom stereocenters. The Morgan fingerprint density at radius 2 is 1.96 bits per heavy atom. The van der Waals surface area contributed by atoms with Gasteiger partial charge in [-0.05, 0) is 33.1 Å². The fourth-order valence-corrected chi connectivity index (χ4v) is 2.83. The first-order valence-electron chi connectivity index (χ1n) is 9.49. The zero-order valence-electron chi connectivity index (χ0n) is 16.9. The molecule has 1 rings (SSSR count). The number of aliphatic imine (C=N–C) groups is 1. The van der Waals surface area contributed by atoms with Crippen molar-refractivity contribution in [2.45, 2.75) is 77.8 Å². The van der Waals surface area contributed by atoms with Crippen LogP contribution in [-0.4, -0.2) is 54.5 Å². The van der Waals surface area contributed by atoms with Crippen LogP contribution in [0.3, 0.4) is 0 Å². The minimum atomic E-state index is -0.754. The minimum Gasteiger partial charge on any atom is -0.356 e. The topological polar surface area (TPSA) is 85.8 Å². The van der Waals surface area contributed by atoms with E-state index in [1.807, 2.05) is 6.92 Å². The Balaban J connectivity index is 0.00000625. The lowest BCUT2D eigenvalue weighted by atomic mass is 9.99. The maximum atomic E-state index is 12.3. The van der Waals surface area contributed by atoms with Crippen LogP contribution in [0.4, 0.5) is 4.79 Å². The van der Waals surface area contributed by atoms with Crippen LogP contribution in [0.2, 0.25) is 0 Å². The van der Waals surface area contributed by atoms with E-state index in [1.54, 1.807) is 14.0 Å². The van der Waals surface area contributed by atoms with E-state index >= 15 is 0 Å². The molecule has 1 saturated heterocycles. The summed E-state index contributed by atoms with van der Waals surface area (Å²) in [5.41, 5.74) is -0.754. The molecule has 1 heterocycles. The highest BCUT2D eigenvalue weighted by atomic mass is 127. The fraction of sp³-hybridized carbons (Fsp3) is 0.833. The molecular weight excluding hydrogens is 445 g/mol. The maximum Gasteiger partial charge on any atom is 0.325 e. The number of halogens is 1. The minimum absolute atomic E-state index is 0. The smallest absolute Gasteiger partial charge is 0.325 e. The molecule has 26 heavy (non-hydrogen) atoms. The molecule has 1 aliphatic rings. The highest BCUT2D eigenvalue weighted by molar-refractivity contribution is 14.0. The lowest BCUT2D eigenvalue weighted by molar-refractivity contribution is -0.130. The van der Waals surface area contributed by atoms with Crippen molar-refractivity contribution in [1.29, 1.82) is 0 Å². The van der Waals surface area contributed by atoms with Gasteiger partial charge in [-0.25, -0.2) is 4.79 Å². The zero-order valence-corrected chi connectivity index (χ0v) is 19.2. The quantitative estimate of drug-likeness (QED) is 0.147. The van der Waals surface area contributed by atoms with Gasteiger partial charge in [-0.15, -0.1) is 24.0 Å². The van der Waals surface area contributed by atoms with E-state index in [9.17, 15) is 9.59 Å². The molecule has 0 aromatic heterocycles. The van der Waals surface area contributed by atoms with Crippen LogP contribution < -0.4 is 16.0 Å². The van der Waals surface area contributed by atoms with E-state index in [0.717, 1.165) is 12.4 Å². The summed E-state index contributed by atoms with van der Waals surface area (Å²) in [6.45, 7) is 9.10. The fourth-order valence-electron chi connectivity index (χ4n) is 2.83. The van der Waals surface area contributed by atoms with E-state index < -0.39 is 5.54 Å². The summed E-state index contributed by atoms with van der Waals surface area (Å²) >= 11 is 0. The van der Waals surface area contributed by atoms with E-state index in [1.165, 1.54) is 24.2 Å². The lowest BCUT2D eigenvalue weighted by Gasteiger charge is -2.20. The molecule has 0 aromatic carbocycles. The number of unbranched alkanes of at least 4 members (excludes halogenated alkanes) is 2. The molecule has 0 aliphatic carbocycles. The summed E-state index contributed by atoms with van der Waals surface area (Å²) in [6, 6.07) is 0.0790. The maximum absolute atomic E-state index is 12.3. The Kier molecular flexibility index (Phi) is 11.8. The largest absolute Gasteiger partial charge is 0.356 e. The molecule has 0 saturated carbocycles. The number of carbonyl (C=O) groups excluding carboxylic acids is 2. The highest BCUT2D eigenvalue weighted by Crippen LogP contribution is 2.20. The van der Waals surface area contributed by atoms with E-state index in [2.05, 4.69) is 34.8 Å². The second-order valence-corrected chi connectivity index (χ2v) is 6.97. The number of guanidine groups is 1. The van der Waals surface area contributed by atoms with Crippen molar-refractivity contribution in [3.8, 4) is 0 Å². The molecule has 1 fully saturated rings. The van der Waals surface area contributed by atoms with Gasteiger partial charge in [-0.3, -0.25) is 14.7 Å². The predicted molar refractivity (Wildman–Crippen MR) is 117 cm³/mol. The van der Waals surface area contributed by atoms with Crippen molar-refractivity contribution in [2.75, 3.05) is 20.1 Å². The predicted octanol–water partition coefficient (Wildman–Crippen LogP) is 2.85. The van der Waals surface area contributed by atoms with Gasteiger partial charge in [0.1, 0.15) is 5.54 Å². The average molecular weight is 481 g/mol. The normalized spacial score (nSPS) is 21.3. The molecule has 3 N–H and O–H groups in total. The first-order valence-corrected chi connectivity index (χ1v) is 9.49. The van der Waals surface area contributed by atoms with Crippen LogP contribution in [0.15, 0.2) is 4.99 Å². The number of hydrogen-bond donors (Lipinski definition) is 3. The van der Waals surface area contributed by atoms with Crippen molar-refractivity contribution in [1.82, 2.24) is 20.9 Å². The highest BCUT2D eigenvalue weighted by Gasteiger charge is 2.45. The summed E-state index contributed by atoms with van der Waals surface area (Å²) < 4.78 is 0. The average Bonchev–Trinajstić information content (AvgIpc) is 2.81. The molecule has 152 valence electrons. The number of carbonyl (C=O) groups is 2. The summed E-state index contributed by atoms with van der Waals surface area (Å²) in [6.07, 6.45) is 6.08. The Hall–Kier alpha value is -1.06. The SMILES string of the molecule is CCCCCC(C)NC(=NC)NCCCN1C(=O)NC(C)(CC)C1=O.I. The third kappa shape index (κ3) is 7.28. The van der Waals surface area contributed by atoms with E-state index in [0.29, 0.717) is 32.0 Å². The number of amides is 3. The molecule has 0 aromatic rings. The van der Waals surface area contributed by atoms with Crippen LogP contribution in [0.5, 0.6) is 0 Å². The second kappa shape index (κ2) is 12.3. The Morgan fingerprint density at radius 3 is 2.50 bits per heavy atom. The number of rotatable bonds is 10. The van der Waals surface area contributed by atoms with Crippen LogP contribution in [-0.2, 0) is 4.79 Å². The van der Waals surface area contributed by atoms with Crippen molar-refractivity contribution in [3.63, 3.8) is 0 Å². The van der Waals surface area contributed by atoms with Gasteiger partial charge in [0.2, 0.25) is 0 Å². The van der Waals surface area contributed by atoms with Gasteiger partial charge < -0.3 is 16.0 Å². The van der Waals surface area contributed by atoms with Gasteiger partial charge in [0, 0.05) is 26.2 Å². The summed E-state index contributed by atoms with van der Waals surface area (Å²) in [5.74, 6) is 0.631. The molecule has 2 atom stereocenters. The van der Waals surface area contributed by atoms with Crippen LogP contribution in [0.1, 0.15) is 66.2 Å². The third-order valence-electron chi connectivity index (χ3n) is 4.75. The number of urea groups is 1. The van der Waals surface area contributed by atoms with Crippen LogP contribution in [0, 0.1) is 0 Å². The van der Waals surface area contributed by atoms with Crippen molar-refractivity contribution in [3.05, 3.63) is 0 Å². The first kappa shape index (κ1) is 24.9. The lowest BCUT2D eigenvalue weighted by Crippen LogP contribution is -2.44. The molecule has 0 spiro atoms. The van der Waals surface area contributed by atoms with Crippen molar-refractivity contribution < 1.29 is 9.59 Å². The molecule has 0 radical (unpaired) electrons. The monoisotopic (exact) mass is 481 g/mol. The van der Waals surface area contributed by atoms with E-state index in [-0.39, 0.29) is 35.9 Å². The van der Waals surface area contributed by atoms with Crippen LogP contribution >= 0.6 is 24.0 Å². The second-order valence-electron chi connectivity index (χ2n) is 6.97. The molecule has 1 aliphatic heterocycles. The van der Waals surface area contributed by atoms with Crippen molar-refractivity contribution >= 4 is 41.9 Å². The van der Waals surface area contributed by atoms with Gasteiger partial charge in [0.15, 0.2) is 5.96 Å². The Labute approximate surface area is 175 Å². The van der Waals surface area contributed by atoms with Gasteiger partial charge in [0.05, 0.1) is 0 Å². The zero-order chi connectivity index (χ0) is 18.9. The number of hydrogen-bond acceptors (Lipinski definition) is 3. The number of nitrogens with zero attached hydrogens (tertiary/aromatic N) is 2. The summed E-state index contributed by atoms with van der Waals surface area (Å²) in [7, 11) is 1.75. The molecule has 0 bridgehead atoms. The van der Waals surface area contributed by atoms with Crippen LogP contribution in [0.25, 0.3) is 0 Å². The molecule has 8 heteroatoms. The summed E-state index contributed by atoms with van der Waals surface area (Å²) in [5, 5.41) is 9.39. The van der Waals surface area contributed by atoms with Crippen molar-refractivity contribution in [2.24, 2.45) is 4.99 Å². The molecular formula is C18H36IN5O2. The molecule has 7 nitrogen and oxygen atoms in total. The third-order valence-corrected chi connectivity index (χ3v) is 4.75. The summed E-state index contributed by atoms with van der Waals surface area (Å²) in [4.78, 5) is 29.8. The first-order chi connectivity index (χ1) is 11.9. The molecule has 3 amide bonds. The van der Waals surface area contributed by atoms with Gasteiger partial charge in [-0.1, -0.05) is 33.1 Å². The Morgan fingerprint density at radius 1 is 1.27 bits per heavy atom. The van der Waals surface area contributed by atoms with Gasteiger partial charge in [-0.2, -0.15) is 0 Å². The number of nitrogens with one attached hydrogen (secondary N) is 3. The number of imide groups is 1.